The maximum Gasteiger partial charge on any atom is 0.237 e. The minimum Gasteiger partial charge on any atom is -0.325 e. The lowest BCUT2D eigenvalue weighted by Gasteiger charge is -2.15. The zero-order chi connectivity index (χ0) is 21.8. The van der Waals surface area contributed by atoms with Gasteiger partial charge in [0.05, 0.1) is 10.6 Å². The molecule has 0 saturated heterocycles. The third kappa shape index (κ3) is 4.81. The summed E-state index contributed by atoms with van der Waals surface area (Å²) >= 11 is 3.12. The number of benzene rings is 2. The van der Waals surface area contributed by atoms with E-state index >= 15 is 0 Å². The molecule has 0 aliphatic carbocycles. The summed E-state index contributed by atoms with van der Waals surface area (Å²) in [4.78, 5) is 23.0. The molecular weight excluding hydrogens is 422 g/mol. The maximum absolute atomic E-state index is 13.0. The Balaban J connectivity index is 1.60. The summed E-state index contributed by atoms with van der Waals surface area (Å²) in [5.41, 5.74) is 5.56. The van der Waals surface area contributed by atoms with Crippen molar-refractivity contribution in [1.29, 1.82) is 0 Å². The Morgan fingerprint density at radius 2 is 1.81 bits per heavy atom. The van der Waals surface area contributed by atoms with E-state index < -0.39 is 0 Å². The van der Waals surface area contributed by atoms with Crippen molar-refractivity contribution in [3.05, 3.63) is 71.4 Å². The quantitative estimate of drug-likeness (QED) is 0.252. The molecule has 1 amide bonds. The minimum atomic E-state index is -0.241. The summed E-state index contributed by atoms with van der Waals surface area (Å²) in [6.07, 6.45) is 3.28. The Kier molecular flexibility index (Phi) is 6.68. The molecule has 31 heavy (non-hydrogen) atoms. The highest BCUT2D eigenvalue weighted by Crippen LogP contribution is 2.39. The van der Waals surface area contributed by atoms with Crippen LogP contribution in [0.25, 0.3) is 21.3 Å². The van der Waals surface area contributed by atoms with Gasteiger partial charge in [0.25, 0.3) is 0 Å². The van der Waals surface area contributed by atoms with Crippen LogP contribution in [0.5, 0.6) is 0 Å². The van der Waals surface area contributed by atoms with Gasteiger partial charge in [0.1, 0.15) is 16.2 Å². The number of aromatic nitrogens is 2. The molecule has 2 heterocycles. The SMILES string of the molecule is CCc1ccc(NC(=O)C(CC)Sc2ncnc3scc(-c4ccc(C)cc4)c23)cc1. The Morgan fingerprint density at radius 1 is 1.06 bits per heavy atom. The number of nitrogens with zero attached hydrogens (tertiary/aromatic N) is 2. The van der Waals surface area contributed by atoms with E-state index in [0.717, 1.165) is 38.5 Å². The molecule has 0 radical (unpaired) electrons. The molecule has 2 aromatic carbocycles. The van der Waals surface area contributed by atoms with Crippen LogP contribution in [0.2, 0.25) is 0 Å². The topological polar surface area (TPSA) is 54.9 Å². The van der Waals surface area contributed by atoms with E-state index in [2.05, 4.69) is 70.9 Å². The van der Waals surface area contributed by atoms with Gasteiger partial charge in [-0.1, -0.05) is 67.6 Å². The average Bonchev–Trinajstić information content (AvgIpc) is 3.23. The molecule has 4 rings (SSSR count). The number of hydrogen-bond acceptors (Lipinski definition) is 5. The number of carbonyl (C=O) groups is 1. The number of carbonyl (C=O) groups excluding carboxylic acids is 1. The van der Waals surface area contributed by atoms with Crippen LogP contribution in [-0.2, 0) is 11.2 Å². The second-order valence-corrected chi connectivity index (χ2v) is 9.48. The van der Waals surface area contributed by atoms with E-state index in [1.807, 2.05) is 19.1 Å². The number of thioether (sulfide) groups is 1. The number of nitrogens with one attached hydrogen (secondary N) is 1. The molecule has 158 valence electrons. The molecule has 1 atom stereocenters. The molecule has 0 aliphatic rings. The molecule has 1 unspecified atom stereocenters. The number of anilines is 1. The summed E-state index contributed by atoms with van der Waals surface area (Å²) in [5.74, 6) is -0.00405. The van der Waals surface area contributed by atoms with Crippen LogP contribution < -0.4 is 5.32 Å². The maximum atomic E-state index is 13.0. The number of aryl methyl sites for hydroxylation is 2. The van der Waals surface area contributed by atoms with E-state index in [0.29, 0.717) is 6.42 Å². The molecular formula is C25H25N3OS2. The average molecular weight is 448 g/mol. The first-order valence-electron chi connectivity index (χ1n) is 10.4. The van der Waals surface area contributed by atoms with Gasteiger partial charge < -0.3 is 5.32 Å². The zero-order valence-corrected chi connectivity index (χ0v) is 19.5. The van der Waals surface area contributed by atoms with E-state index in [1.165, 1.54) is 22.9 Å². The van der Waals surface area contributed by atoms with Crippen molar-refractivity contribution < 1.29 is 4.79 Å². The van der Waals surface area contributed by atoms with Crippen molar-refractivity contribution >= 4 is 44.9 Å². The normalized spacial score (nSPS) is 12.1. The van der Waals surface area contributed by atoms with Crippen LogP contribution in [0.15, 0.2) is 65.3 Å². The molecule has 1 N–H and O–H groups in total. The minimum absolute atomic E-state index is 0.00405. The van der Waals surface area contributed by atoms with E-state index in [9.17, 15) is 4.79 Å². The molecule has 4 aromatic rings. The van der Waals surface area contributed by atoms with Gasteiger partial charge >= 0.3 is 0 Å². The van der Waals surface area contributed by atoms with Crippen LogP contribution in [0.3, 0.4) is 0 Å². The zero-order valence-electron chi connectivity index (χ0n) is 17.9. The monoisotopic (exact) mass is 447 g/mol. The van der Waals surface area contributed by atoms with Gasteiger partial charge in [-0.05, 0) is 43.0 Å². The fraction of sp³-hybridized carbons (Fsp3) is 0.240. The first-order chi connectivity index (χ1) is 15.1. The number of thiophene rings is 1. The van der Waals surface area contributed by atoms with Gasteiger partial charge in [0, 0.05) is 16.6 Å². The molecule has 2 aromatic heterocycles. The summed E-state index contributed by atoms with van der Waals surface area (Å²) in [5, 5.41) is 6.83. The van der Waals surface area contributed by atoms with Crippen molar-refractivity contribution in [1.82, 2.24) is 9.97 Å². The van der Waals surface area contributed by atoms with Crippen LogP contribution in [0, 0.1) is 6.92 Å². The summed E-state index contributed by atoms with van der Waals surface area (Å²) in [6.45, 7) is 6.24. The lowest BCUT2D eigenvalue weighted by Crippen LogP contribution is -2.24. The summed E-state index contributed by atoms with van der Waals surface area (Å²) < 4.78 is 0. The largest absolute Gasteiger partial charge is 0.325 e. The van der Waals surface area contributed by atoms with Crippen molar-refractivity contribution in [3.8, 4) is 11.1 Å². The number of fused-ring (bicyclic) bond motifs is 1. The van der Waals surface area contributed by atoms with E-state index in [-0.39, 0.29) is 11.2 Å². The third-order valence-electron chi connectivity index (χ3n) is 5.24. The third-order valence-corrected chi connectivity index (χ3v) is 7.50. The molecule has 0 spiro atoms. The highest BCUT2D eigenvalue weighted by molar-refractivity contribution is 8.00. The Labute approximate surface area is 191 Å². The molecule has 0 saturated carbocycles. The standard InChI is InChI=1S/C25H25N3OS2/c1-4-17-8-12-19(13-9-17)28-23(29)21(5-2)31-25-22-20(14-30-24(22)26-15-27-25)18-10-6-16(3)7-11-18/h6-15,21H,4-5H2,1-3H3,(H,28,29). The fourth-order valence-electron chi connectivity index (χ4n) is 3.39. The molecule has 0 fully saturated rings. The predicted octanol–water partition coefficient (Wildman–Crippen LogP) is 6.74. The van der Waals surface area contributed by atoms with Gasteiger partial charge in [-0.2, -0.15) is 0 Å². The second-order valence-electron chi connectivity index (χ2n) is 7.43. The number of amides is 1. The highest BCUT2D eigenvalue weighted by atomic mass is 32.2. The summed E-state index contributed by atoms with van der Waals surface area (Å²) in [7, 11) is 0. The Morgan fingerprint density at radius 3 is 2.48 bits per heavy atom. The highest BCUT2D eigenvalue weighted by Gasteiger charge is 2.22. The Hall–Kier alpha value is -2.70. The van der Waals surface area contributed by atoms with Crippen LogP contribution in [-0.4, -0.2) is 21.1 Å². The predicted molar refractivity (Wildman–Crippen MR) is 132 cm³/mol. The van der Waals surface area contributed by atoms with Crippen LogP contribution >= 0.6 is 23.1 Å². The molecule has 4 nitrogen and oxygen atoms in total. The van der Waals surface area contributed by atoms with Gasteiger partial charge in [-0.25, -0.2) is 9.97 Å². The Bertz CT molecular complexity index is 1180. The van der Waals surface area contributed by atoms with Crippen molar-refractivity contribution in [2.45, 2.75) is 43.9 Å². The van der Waals surface area contributed by atoms with Gasteiger partial charge in [-0.15, -0.1) is 11.3 Å². The van der Waals surface area contributed by atoms with Crippen molar-refractivity contribution in [2.24, 2.45) is 0 Å². The van der Waals surface area contributed by atoms with Gasteiger partial charge in [0.2, 0.25) is 5.91 Å². The first-order valence-corrected chi connectivity index (χ1v) is 12.2. The second kappa shape index (κ2) is 9.62. The lowest BCUT2D eigenvalue weighted by atomic mass is 10.1. The van der Waals surface area contributed by atoms with Crippen LogP contribution in [0.4, 0.5) is 5.69 Å². The van der Waals surface area contributed by atoms with Gasteiger partial charge in [0.15, 0.2) is 0 Å². The van der Waals surface area contributed by atoms with Crippen LogP contribution in [0.1, 0.15) is 31.4 Å². The molecule has 0 bridgehead atoms. The molecule has 6 heteroatoms. The molecule has 0 aliphatic heterocycles. The number of hydrogen-bond donors (Lipinski definition) is 1. The smallest absolute Gasteiger partial charge is 0.237 e. The van der Waals surface area contributed by atoms with Crippen molar-refractivity contribution in [3.63, 3.8) is 0 Å². The van der Waals surface area contributed by atoms with E-state index in [4.69, 9.17) is 0 Å². The lowest BCUT2D eigenvalue weighted by molar-refractivity contribution is -0.115. The van der Waals surface area contributed by atoms with E-state index in [1.54, 1.807) is 17.7 Å². The number of rotatable bonds is 7. The van der Waals surface area contributed by atoms with Crippen molar-refractivity contribution in [2.75, 3.05) is 5.32 Å². The fourth-order valence-corrected chi connectivity index (χ4v) is 5.40. The summed E-state index contributed by atoms with van der Waals surface area (Å²) in [6, 6.07) is 16.5. The first kappa shape index (κ1) is 21.5. The van der Waals surface area contributed by atoms with Gasteiger partial charge in [-0.3, -0.25) is 4.79 Å².